The lowest BCUT2D eigenvalue weighted by atomic mass is 10.1. The predicted octanol–water partition coefficient (Wildman–Crippen LogP) is 2.18. The van der Waals surface area contributed by atoms with Crippen LogP contribution in [-0.4, -0.2) is 48.0 Å². The van der Waals surface area contributed by atoms with E-state index in [0.29, 0.717) is 12.6 Å². The van der Waals surface area contributed by atoms with Crippen LogP contribution in [0.15, 0.2) is 29.3 Å². The SMILES string of the molecule is CN=C(N1CCC[C@@H](N)C1)N(Cc1ccccc1C#N)C(C)C. The Kier molecular flexibility index (Phi) is 6.00. The molecule has 0 aliphatic carbocycles. The van der Waals surface area contributed by atoms with Gasteiger partial charge in [0.25, 0.3) is 0 Å². The Morgan fingerprint density at radius 1 is 1.48 bits per heavy atom. The molecule has 0 aromatic heterocycles. The van der Waals surface area contributed by atoms with Crippen LogP contribution in [-0.2, 0) is 6.54 Å². The van der Waals surface area contributed by atoms with Crippen molar-refractivity contribution in [2.75, 3.05) is 20.1 Å². The Balaban J connectivity index is 2.24. The molecular formula is C18H27N5. The third kappa shape index (κ3) is 4.23. The highest BCUT2D eigenvalue weighted by Gasteiger charge is 2.25. The number of hydrogen-bond acceptors (Lipinski definition) is 3. The van der Waals surface area contributed by atoms with Crippen LogP contribution < -0.4 is 5.73 Å². The molecule has 1 heterocycles. The second-order valence-electron chi connectivity index (χ2n) is 6.36. The fraction of sp³-hybridized carbons (Fsp3) is 0.556. The molecule has 2 rings (SSSR count). The zero-order valence-electron chi connectivity index (χ0n) is 14.4. The van der Waals surface area contributed by atoms with Crippen molar-refractivity contribution < 1.29 is 0 Å². The molecule has 1 fully saturated rings. The van der Waals surface area contributed by atoms with E-state index in [4.69, 9.17) is 5.73 Å². The van der Waals surface area contributed by atoms with Crippen molar-refractivity contribution in [3.05, 3.63) is 35.4 Å². The molecule has 0 unspecified atom stereocenters. The molecule has 23 heavy (non-hydrogen) atoms. The average molecular weight is 313 g/mol. The average Bonchev–Trinajstić information content (AvgIpc) is 2.55. The maximum absolute atomic E-state index is 9.32. The largest absolute Gasteiger partial charge is 0.341 e. The highest BCUT2D eigenvalue weighted by Crippen LogP contribution is 2.17. The lowest BCUT2D eigenvalue weighted by molar-refractivity contribution is 0.237. The highest BCUT2D eigenvalue weighted by atomic mass is 15.4. The standard InChI is InChI=1S/C18H27N5/c1-14(2)23(12-16-8-5-4-7-15(16)11-19)18(21-3)22-10-6-9-17(20)13-22/h4-5,7-8,14,17H,6,9-10,12-13,20H2,1-3H3/t17-/m1/s1. The summed E-state index contributed by atoms with van der Waals surface area (Å²) in [5.74, 6) is 0.975. The Labute approximate surface area is 139 Å². The van der Waals surface area contributed by atoms with Gasteiger partial charge >= 0.3 is 0 Å². The lowest BCUT2D eigenvalue weighted by Crippen LogP contribution is -2.53. The van der Waals surface area contributed by atoms with E-state index in [1.165, 1.54) is 0 Å². The molecule has 0 radical (unpaired) electrons. The van der Waals surface area contributed by atoms with Gasteiger partial charge in [0.1, 0.15) is 0 Å². The Morgan fingerprint density at radius 2 is 2.22 bits per heavy atom. The number of hydrogen-bond donors (Lipinski definition) is 1. The molecular weight excluding hydrogens is 286 g/mol. The highest BCUT2D eigenvalue weighted by molar-refractivity contribution is 5.80. The molecule has 0 bridgehead atoms. The van der Waals surface area contributed by atoms with Crippen LogP contribution in [0.2, 0.25) is 0 Å². The van der Waals surface area contributed by atoms with Gasteiger partial charge in [0, 0.05) is 38.8 Å². The van der Waals surface area contributed by atoms with E-state index in [-0.39, 0.29) is 6.04 Å². The quantitative estimate of drug-likeness (QED) is 0.686. The van der Waals surface area contributed by atoms with Crippen LogP contribution in [0.3, 0.4) is 0 Å². The molecule has 1 aliphatic rings. The molecule has 1 saturated heterocycles. The van der Waals surface area contributed by atoms with Crippen molar-refractivity contribution in [1.82, 2.24) is 9.80 Å². The van der Waals surface area contributed by atoms with Crippen LogP contribution in [0.5, 0.6) is 0 Å². The Bertz CT molecular complexity index is 587. The lowest BCUT2D eigenvalue weighted by Gasteiger charge is -2.40. The van der Waals surface area contributed by atoms with E-state index in [1.807, 2.05) is 31.3 Å². The molecule has 124 valence electrons. The predicted molar refractivity (Wildman–Crippen MR) is 94.0 cm³/mol. The smallest absolute Gasteiger partial charge is 0.196 e. The summed E-state index contributed by atoms with van der Waals surface area (Å²) in [5, 5.41) is 9.32. The number of guanidine groups is 1. The molecule has 0 spiro atoms. The van der Waals surface area contributed by atoms with Gasteiger partial charge in [-0.2, -0.15) is 5.26 Å². The summed E-state index contributed by atoms with van der Waals surface area (Å²) in [6.07, 6.45) is 2.17. The molecule has 5 heteroatoms. The van der Waals surface area contributed by atoms with Crippen LogP contribution in [0.1, 0.15) is 37.8 Å². The van der Waals surface area contributed by atoms with Crippen molar-refractivity contribution in [3.63, 3.8) is 0 Å². The molecule has 1 atom stereocenters. The van der Waals surface area contributed by atoms with Gasteiger partial charge in [0.05, 0.1) is 11.6 Å². The fourth-order valence-electron chi connectivity index (χ4n) is 3.08. The number of nitriles is 1. The number of likely N-dealkylation sites (tertiary alicyclic amines) is 1. The van der Waals surface area contributed by atoms with Gasteiger partial charge in [-0.25, -0.2) is 0 Å². The Hall–Kier alpha value is -2.06. The molecule has 1 aliphatic heterocycles. The summed E-state index contributed by atoms with van der Waals surface area (Å²) in [5.41, 5.74) is 7.89. The maximum atomic E-state index is 9.32. The van der Waals surface area contributed by atoms with Crippen molar-refractivity contribution in [2.45, 2.75) is 45.3 Å². The maximum Gasteiger partial charge on any atom is 0.196 e. The van der Waals surface area contributed by atoms with E-state index >= 15 is 0 Å². The first kappa shape index (κ1) is 17.3. The Morgan fingerprint density at radius 3 is 2.83 bits per heavy atom. The van der Waals surface area contributed by atoms with E-state index in [0.717, 1.165) is 43.0 Å². The summed E-state index contributed by atoms with van der Waals surface area (Å²) < 4.78 is 0. The van der Waals surface area contributed by atoms with Gasteiger partial charge in [-0.05, 0) is 38.3 Å². The summed E-state index contributed by atoms with van der Waals surface area (Å²) in [4.78, 5) is 9.09. The second-order valence-corrected chi connectivity index (χ2v) is 6.36. The van der Waals surface area contributed by atoms with E-state index in [9.17, 15) is 5.26 Å². The van der Waals surface area contributed by atoms with Gasteiger partial charge in [0.2, 0.25) is 0 Å². The van der Waals surface area contributed by atoms with Gasteiger partial charge < -0.3 is 15.5 Å². The number of aliphatic imine (C=N–C) groups is 1. The van der Waals surface area contributed by atoms with Gasteiger partial charge in [-0.3, -0.25) is 4.99 Å². The number of benzene rings is 1. The minimum absolute atomic E-state index is 0.209. The number of piperidine rings is 1. The molecule has 2 N–H and O–H groups in total. The topological polar surface area (TPSA) is 68.7 Å². The van der Waals surface area contributed by atoms with E-state index < -0.39 is 0 Å². The van der Waals surface area contributed by atoms with E-state index in [2.05, 4.69) is 34.7 Å². The van der Waals surface area contributed by atoms with Crippen LogP contribution in [0, 0.1) is 11.3 Å². The summed E-state index contributed by atoms with van der Waals surface area (Å²) in [7, 11) is 1.83. The monoisotopic (exact) mass is 313 g/mol. The zero-order chi connectivity index (χ0) is 16.8. The summed E-state index contributed by atoms with van der Waals surface area (Å²) >= 11 is 0. The third-order valence-electron chi connectivity index (χ3n) is 4.30. The third-order valence-corrected chi connectivity index (χ3v) is 4.30. The minimum Gasteiger partial charge on any atom is -0.341 e. The van der Waals surface area contributed by atoms with Crippen LogP contribution in [0.4, 0.5) is 0 Å². The van der Waals surface area contributed by atoms with Crippen molar-refractivity contribution in [3.8, 4) is 6.07 Å². The normalized spacial score (nSPS) is 18.9. The van der Waals surface area contributed by atoms with Gasteiger partial charge in [-0.1, -0.05) is 18.2 Å². The molecule has 1 aromatic rings. The van der Waals surface area contributed by atoms with Gasteiger partial charge in [0.15, 0.2) is 5.96 Å². The summed E-state index contributed by atoms with van der Waals surface area (Å²) in [6.45, 7) is 6.83. The first-order valence-corrected chi connectivity index (χ1v) is 8.28. The van der Waals surface area contributed by atoms with Crippen LogP contribution >= 0.6 is 0 Å². The van der Waals surface area contributed by atoms with Crippen molar-refractivity contribution >= 4 is 5.96 Å². The number of nitrogens with two attached hydrogens (primary N) is 1. The number of nitrogens with zero attached hydrogens (tertiary/aromatic N) is 4. The molecule has 0 amide bonds. The first-order valence-electron chi connectivity index (χ1n) is 8.28. The number of rotatable bonds is 3. The zero-order valence-corrected chi connectivity index (χ0v) is 14.4. The van der Waals surface area contributed by atoms with Gasteiger partial charge in [-0.15, -0.1) is 0 Å². The fourth-order valence-corrected chi connectivity index (χ4v) is 3.08. The molecule has 1 aromatic carbocycles. The van der Waals surface area contributed by atoms with E-state index in [1.54, 1.807) is 0 Å². The summed E-state index contributed by atoms with van der Waals surface area (Å²) in [6, 6.07) is 10.6. The molecule has 0 saturated carbocycles. The van der Waals surface area contributed by atoms with Crippen molar-refractivity contribution in [2.24, 2.45) is 10.7 Å². The molecule has 5 nitrogen and oxygen atoms in total. The second kappa shape index (κ2) is 7.98. The minimum atomic E-state index is 0.209. The van der Waals surface area contributed by atoms with Crippen molar-refractivity contribution in [1.29, 1.82) is 5.26 Å². The first-order chi connectivity index (χ1) is 11.1. The van der Waals surface area contributed by atoms with Crippen LogP contribution in [0.25, 0.3) is 0 Å².